The molecule has 0 bridgehead atoms. The van der Waals surface area contributed by atoms with Crippen molar-refractivity contribution in [1.82, 2.24) is 4.57 Å². The van der Waals surface area contributed by atoms with Gasteiger partial charge in [-0.15, -0.1) is 0 Å². The summed E-state index contributed by atoms with van der Waals surface area (Å²) >= 11 is 1.67. The van der Waals surface area contributed by atoms with E-state index in [4.69, 9.17) is 0 Å². The number of hydrogen-bond acceptors (Lipinski definition) is 2. The molecular weight excluding hydrogens is 180 g/mol. The Balaban J connectivity index is 2.98. The molecule has 0 saturated carbocycles. The van der Waals surface area contributed by atoms with E-state index in [1.807, 2.05) is 16.7 Å². The molecule has 0 fully saturated rings. The van der Waals surface area contributed by atoms with E-state index in [1.54, 1.807) is 24.6 Å². The molecule has 0 aliphatic rings. The van der Waals surface area contributed by atoms with Crippen LogP contribution in [0.4, 0.5) is 0 Å². The summed E-state index contributed by atoms with van der Waals surface area (Å²) in [5.74, 6) is 0. The predicted octanol–water partition coefficient (Wildman–Crippen LogP) is 2.33. The normalized spacial score (nSPS) is 12.2. The van der Waals surface area contributed by atoms with E-state index in [2.05, 4.69) is 23.7 Å². The van der Waals surface area contributed by atoms with Crippen LogP contribution in [0.1, 0.15) is 0 Å². The van der Waals surface area contributed by atoms with Crippen LogP contribution in [0, 0.1) is 0 Å². The van der Waals surface area contributed by atoms with Gasteiger partial charge in [-0.3, -0.25) is 9.56 Å². The molecule has 1 aromatic heterocycles. The van der Waals surface area contributed by atoms with Gasteiger partial charge in [-0.25, -0.2) is 0 Å². The summed E-state index contributed by atoms with van der Waals surface area (Å²) in [6, 6.07) is 8.22. The van der Waals surface area contributed by atoms with Gasteiger partial charge in [0.25, 0.3) is 0 Å². The highest BCUT2D eigenvalue weighted by Crippen LogP contribution is 2.16. The molecule has 1 heterocycles. The van der Waals surface area contributed by atoms with Crippen LogP contribution >= 0.6 is 11.3 Å². The van der Waals surface area contributed by atoms with Crippen LogP contribution in [-0.2, 0) is 0 Å². The largest absolute Gasteiger partial charge is 0.293 e. The van der Waals surface area contributed by atoms with Crippen LogP contribution in [-0.4, -0.2) is 11.6 Å². The SMILES string of the molecule is C=Cn1/c(=N\C)sc2ccccc21. The third-order valence-corrected chi connectivity index (χ3v) is 3.03. The van der Waals surface area contributed by atoms with Gasteiger partial charge in [-0.1, -0.05) is 30.0 Å². The number of hydrogen-bond donors (Lipinski definition) is 0. The fraction of sp³-hybridized carbons (Fsp3) is 0.100. The first-order valence-electron chi connectivity index (χ1n) is 4.02. The van der Waals surface area contributed by atoms with Crippen molar-refractivity contribution in [1.29, 1.82) is 0 Å². The van der Waals surface area contributed by atoms with Gasteiger partial charge in [-0.2, -0.15) is 0 Å². The number of para-hydroxylation sites is 1. The lowest BCUT2D eigenvalue weighted by Gasteiger charge is -1.93. The Morgan fingerprint density at radius 1 is 1.46 bits per heavy atom. The molecule has 0 atom stereocenters. The maximum absolute atomic E-state index is 4.19. The van der Waals surface area contributed by atoms with Crippen molar-refractivity contribution < 1.29 is 0 Å². The lowest BCUT2D eigenvalue weighted by Crippen LogP contribution is -2.07. The minimum atomic E-state index is 0.983. The van der Waals surface area contributed by atoms with Crippen molar-refractivity contribution in [2.45, 2.75) is 0 Å². The molecule has 0 saturated heterocycles. The zero-order valence-electron chi connectivity index (χ0n) is 7.40. The summed E-state index contributed by atoms with van der Waals surface area (Å²) in [5, 5.41) is 0. The van der Waals surface area contributed by atoms with Gasteiger partial charge in [0.05, 0.1) is 10.2 Å². The summed E-state index contributed by atoms with van der Waals surface area (Å²) in [4.78, 5) is 5.17. The van der Waals surface area contributed by atoms with Crippen molar-refractivity contribution >= 4 is 27.8 Å². The van der Waals surface area contributed by atoms with Gasteiger partial charge in [-0.05, 0) is 12.1 Å². The Labute approximate surface area is 80.5 Å². The van der Waals surface area contributed by atoms with Crippen molar-refractivity contribution in [3.63, 3.8) is 0 Å². The Morgan fingerprint density at radius 2 is 2.23 bits per heavy atom. The van der Waals surface area contributed by atoms with Gasteiger partial charge in [0, 0.05) is 13.2 Å². The van der Waals surface area contributed by atoms with Crippen LogP contribution in [0.15, 0.2) is 35.8 Å². The molecule has 0 N–H and O–H groups in total. The number of benzene rings is 1. The predicted molar refractivity (Wildman–Crippen MR) is 57.7 cm³/mol. The number of thiazole rings is 1. The zero-order valence-corrected chi connectivity index (χ0v) is 8.21. The highest BCUT2D eigenvalue weighted by Gasteiger charge is 2.00. The van der Waals surface area contributed by atoms with Crippen molar-refractivity contribution in [3.05, 3.63) is 35.6 Å². The molecule has 3 heteroatoms. The van der Waals surface area contributed by atoms with E-state index in [-0.39, 0.29) is 0 Å². The number of nitrogens with zero attached hydrogens (tertiary/aromatic N) is 2. The lowest BCUT2D eigenvalue weighted by atomic mass is 10.3. The van der Waals surface area contributed by atoms with Crippen molar-refractivity contribution in [3.8, 4) is 0 Å². The van der Waals surface area contributed by atoms with Crippen LogP contribution in [0.5, 0.6) is 0 Å². The molecule has 0 aliphatic heterocycles. The highest BCUT2D eigenvalue weighted by atomic mass is 32.1. The Kier molecular flexibility index (Phi) is 2.02. The highest BCUT2D eigenvalue weighted by molar-refractivity contribution is 7.16. The first-order chi connectivity index (χ1) is 6.36. The molecule has 1 aromatic carbocycles. The van der Waals surface area contributed by atoms with Crippen LogP contribution in [0.3, 0.4) is 0 Å². The van der Waals surface area contributed by atoms with Gasteiger partial charge in [0.15, 0.2) is 4.80 Å². The Hall–Kier alpha value is -1.35. The van der Waals surface area contributed by atoms with Crippen molar-refractivity contribution in [2.24, 2.45) is 4.99 Å². The molecule has 2 nitrogen and oxygen atoms in total. The third-order valence-electron chi connectivity index (χ3n) is 1.91. The first kappa shape index (κ1) is 8.26. The summed E-state index contributed by atoms with van der Waals surface area (Å²) in [6.45, 7) is 3.77. The fourth-order valence-corrected chi connectivity index (χ4v) is 2.30. The molecule has 13 heavy (non-hydrogen) atoms. The smallest absolute Gasteiger partial charge is 0.189 e. The summed E-state index contributed by atoms with van der Waals surface area (Å²) in [7, 11) is 1.80. The summed E-state index contributed by atoms with van der Waals surface area (Å²) in [6.07, 6.45) is 1.79. The minimum absolute atomic E-state index is 0.983. The van der Waals surface area contributed by atoms with Gasteiger partial charge in [0.1, 0.15) is 0 Å². The molecule has 2 rings (SSSR count). The molecule has 0 aliphatic carbocycles. The van der Waals surface area contributed by atoms with Gasteiger partial charge < -0.3 is 0 Å². The lowest BCUT2D eigenvalue weighted by molar-refractivity contribution is 1.09. The molecule has 2 aromatic rings. The van der Waals surface area contributed by atoms with Crippen LogP contribution < -0.4 is 4.80 Å². The fourth-order valence-electron chi connectivity index (χ4n) is 1.32. The third kappa shape index (κ3) is 1.21. The average Bonchev–Trinajstić information content (AvgIpc) is 2.55. The topological polar surface area (TPSA) is 17.3 Å². The van der Waals surface area contributed by atoms with Crippen LogP contribution in [0.25, 0.3) is 16.4 Å². The Bertz CT molecular complexity index is 505. The average molecular weight is 190 g/mol. The second-order valence-corrected chi connectivity index (χ2v) is 3.64. The maximum Gasteiger partial charge on any atom is 0.189 e. The zero-order chi connectivity index (χ0) is 9.26. The van der Waals surface area contributed by atoms with Gasteiger partial charge in [0.2, 0.25) is 0 Å². The quantitative estimate of drug-likeness (QED) is 0.656. The molecule has 0 radical (unpaired) electrons. The molecule has 0 unspecified atom stereocenters. The molecule has 0 spiro atoms. The van der Waals surface area contributed by atoms with Crippen molar-refractivity contribution in [2.75, 3.05) is 7.05 Å². The molecular formula is C10H10N2S. The summed E-state index contributed by atoms with van der Waals surface area (Å²) < 4.78 is 3.24. The molecule has 0 amide bonds. The summed E-state index contributed by atoms with van der Waals surface area (Å²) in [5.41, 5.74) is 1.17. The van der Waals surface area contributed by atoms with Gasteiger partial charge >= 0.3 is 0 Å². The number of fused-ring (bicyclic) bond motifs is 1. The monoisotopic (exact) mass is 190 g/mol. The van der Waals surface area contributed by atoms with Crippen LogP contribution in [0.2, 0.25) is 0 Å². The van der Waals surface area contributed by atoms with E-state index < -0.39 is 0 Å². The van der Waals surface area contributed by atoms with E-state index in [0.29, 0.717) is 0 Å². The van der Waals surface area contributed by atoms with E-state index in [9.17, 15) is 0 Å². The minimum Gasteiger partial charge on any atom is -0.293 e. The second-order valence-electron chi connectivity index (χ2n) is 2.63. The maximum atomic E-state index is 4.19. The van der Waals surface area contributed by atoms with E-state index >= 15 is 0 Å². The second kappa shape index (κ2) is 3.18. The van der Waals surface area contributed by atoms with E-state index in [0.717, 1.165) is 4.80 Å². The number of rotatable bonds is 1. The molecule has 66 valence electrons. The Morgan fingerprint density at radius 3 is 2.92 bits per heavy atom. The standard InChI is InChI=1S/C10H10N2S/c1-3-12-8-6-4-5-7-9(8)13-10(12)11-2/h3-7H,1H2,2H3/b11-10+. The first-order valence-corrected chi connectivity index (χ1v) is 4.84. The number of aromatic nitrogens is 1. The van der Waals surface area contributed by atoms with E-state index in [1.165, 1.54) is 10.2 Å².